The number of nitrogens with one attached hydrogen (secondary N) is 1. The molecule has 0 spiro atoms. The van der Waals surface area contributed by atoms with Crippen molar-refractivity contribution in [2.45, 2.75) is 44.9 Å². The van der Waals surface area contributed by atoms with Gasteiger partial charge in [-0.15, -0.1) is 0 Å². The van der Waals surface area contributed by atoms with Gasteiger partial charge in [0, 0.05) is 37.0 Å². The molecule has 2 atom stereocenters. The van der Waals surface area contributed by atoms with Gasteiger partial charge in [-0.3, -0.25) is 9.36 Å². The molecule has 2 aliphatic rings. The summed E-state index contributed by atoms with van der Waals surface area (Å²) in [5.74, 6) is -3.54. The first-order chi connectivity index (χ1) is 16.0. The van der Waals surface area contributed by atoms with Gasteiger partial charge in [-0.05, 0) is 44.4 Å². The third-order valence-corrected chi connectivity index (χ3v) is 6.16. The van der Waals surface area contributed by atoms with E-state index in [-0.39, 0.29) is 22.6 Å². The van der Waals surface area contributed by atoms with Crippen molar-refractivity contribution in [2.75, 3.05) is 23.3 Å². The Labute approximate surface area is 192 Å². The van der Waals surface area contributed by atoms with Crippen molar-refractivity contribution >= 4 is 23.0 Å². The summed E-state index contributed by atoms with van der Waals surface area (Å²) >= 11 is 0. The number of aromatic nitrogens is 2. The van der Waals surface area contributed by atoms with E-state index in [1.165, 1.54) is 12.1 Å². The Bertz CT molecular complexity index is 1190. The molecule has 2 aliphatic heterocycles. The summed E-state index contributed by atoms with van der Waals surface area (Å²) in [6.45, 7) is 2.36. The Hall–Kier alpha value is -3.37. The zero-order chi connectivity index (χ0) is 24.6. The Morgan fingerprint density at radius 2 is 1.91 bits per heavy atom. The number of anilines is 2. The minimum Gasteiger partial charge on any atom is -0.478 e. The van der Waals surface area contributed by atoms with Crippen LogP contribution in [0.15, 0.2) is 35.1 Å². The summed E-state index contributed by atoms with van der Waals surface area (Å²) in [4.78, 5) is 30.9. The van der Waals surface area contributed by atoms with Crippen molar-refractivity contribution in [1.82, 2.24) is 9.55 Å². The van der Waals surface area contributed by atoms with E-state index in [4.69, 9.17) is 0 Å². The largest absolute Gasteiger partial charge is 0.478 e. The number of carboxylic acids is 1. The maximum atomic E-state index is 13.7. The summed E-state index contributed by atoms with van der Waals surface area (Å²) in [5, 5.41) is 12.3. The highest BCUT2D eigenvalue weighted by atomic mass is 19.4. The topological polar surface area (TPSA) is 87.5 Å². The van der Waals surface area contributed by atoms with Gasteiger partial charge in [-0.1, -0.05) is 6.08 Å². The van der Waals surface area contributed by atoms with Crippen molar-refractivity contribution in [3.63, 3.8) is 0 Å². The molecule has 7 nitrogen and oxygen atoms in total. The molecule has 0 bridgehead atoms. The van der Waals surface area contributed by atoms with Crippen LogP contribution < -0.4 is 15.8 Å². The lowest BCUT2D eigenvalue weighted by Crippen LogP contribution is -2.40. The number of carboxylic acid groups (broad SMARTS) is 1. The number of halogens is 4. The molecule has 11 heteroatoms. The Balaban J connectivity index is 1.77. The molecule has 1 saturated heterocycles. The van der Waals surface area contributed by atoms with Gasteiger partial charge in [0.1, 0.15) is 17.5 Å². The molecule has 2 aromatic rings. The molecule has 0 amide bonds. The van der Waals surface area contributed by atoms with Gasteiger partial charge in [0.25, 0.3) is 5.56 Å². The highest BCUT2D eigenvalue weighted by Crippen LogP contribution is 2.36. The number of fused-ring (bicyclic) bond motifs is 1. The number of benzene rings is 1. The van der Waals surface area contributed by atoms with Gasteiger partial charge in [0.05, 0.1) is 17.5 Å². The number of rotatable bonds is 5. The SMILES string of the molecule is C[C@@H](Nc1ccc(F)cc1C(=O)O)C1=CC(C(F)(F)F)Cn2c1nc(N1CCCCC1)cc2=O. The third kappa shape index (κ3) is 4.78. The predicted molar refractivity (Wildman–Crippen MR) is 119 cm³/mol. The molecule has 1 aromatic carbocycles. The van der Waals surface area contributed by atoms with Crippen molar-refractivity contribution in [1.29, 1.82) is 0 Å². The lowest BCUT2D eigenvalue weighted by molar-refractivity contribution is -0.164. The fraction of sp³-hybridized carbons (Fsp3) is 0.435. The van der Waals surface area contributed by atoms with Crippen molar-refractivity contribution in [2.24, 2.45) is 5.92 Å². The molecule has 1 aromatic heterocycles. The minimum absolute atomic E-state index is 0.0394. The lowest BCUT2D eigenvalue weighted by atomic mass is 9.95. The van der Waals surface area contributed by atoms with Crippen LogP contribution in [0.1, 0.15) is 42.4 Å². The van der Waals surface area contributed by atoms with Crippen LogP contribution in [0.5, 0.6) is 0 Å². The average molecular weight is 480 g/mol. The maximum absolute atomic E-state index is 13.7. The molecular formula is C23H24F4N4O3. The second-order valence-electron chi connectivity index (χ2n) is 8.57. The molecule has 4 rings (SSSR count). The number of hydrogen-bond acceptors (Lipinski definition) is 5. The van der Waals surface area contributed by atoms with E-state index in [1.54, 1.807) is 6.92 Å². The maximum Gasteiger partial charge on any atom is 0.396 e. The number of alkyl halides is 3. The van der Waals surface area contributed by atoms with Crippen LogP contribution in [-0.4, -0.2) is 45.9 Å². The summed E-state index contributed by atoms with van der Waals surface area (Å²) in [7, 11) is 0. The van der Waals surface area contributed by atoms with Gasteiger partial charge in [0.2, 0.25) is 0 Å². The number of piperidine rings is 1. The van der Waals surface area contributed by atoms with E-state index in [1.807, 2.05) is 4.90 Å². The van der Waals surface area contributed by atoms with Gasteiger partial charge < -0.3 is 15.3 Å². The molecular weight excluding hydrogens is 456 g/mol. The van der Waals surface area contributed by atoms with E-state index in [9.17, 15) is 32.3 Å². The van der Waals surface area contributed by atoms with Gasteiger partial charge in [-0.2, -0.15) is 13.2 Å². The van der Waals surface area contributed by atoms with Crippen molar-refractivity contribution in [3.8, 4) is 0 Å². The first kappa shape index (κ1) is 23.8. The van der Waals surface area contributed by atoms with Gasteiger partial charge in [-0.25, -0.2) is 14.2 Å². The first-order valence-electron chi connectivity index (χ1n) is 11.0. The Morgan fingerprint density at radius 1 is 1.21 bits per heavy atom. The zero-order valence-electron chi connectivity index (χ0n) is 18.4. The smallest absolute Gasteiger partial charge is 0.396 e. The highest BCUT2D eigenvalue weighted by molar-refractivity contribution is 5.94. The van der Waals surface area contributed by atoms with Crippen LogP contribution in [0.2, 0.25) is 0 Å². The highest BCUT2D eigenvalue weighted by Gasteiger charge is 2.42. The van der Waals surface area contributed by atoms with Crippen LogP contribution in [0, 0.1) is 11.7 Å². The van der Waals surface area contributed by atoms with Crippen molar-refractivity contribution < 1.29 is 27.5 Å². The Kier molecular flexibility index (Phi) is 6.37. The normalized spacial score (nSPS) is 19.3. The number of hydrogen-bond donors (Lipinski definition) is 2. The predicted octanol–water partition coefficient (Wildman–Crippen LogP) is 4.15. The third-order valence-electron chi connectivity index (χ3n) is 6.16. The quantitative estimate of drug-likeness (QED) is 0.626. The van der Waals surface area contributed by atoms with Crippen LogP contribution in [-0.2, 0) is 6.54 Å². The molecule has 1 fully saturated rings. The fourth-order valence-corrected chi connectivity index (χ4v) is 4.38. The van der Waals surface area contributed by atoms with Gasteiger partial charge >= 0.3 is 12.1 Å². The molecule has 0 aliphatic carbocycles. The van der Waals surface area contributed by atoms with E-state index in [0.29, 0.717) is 18.9 Å². The van der Waals surface area contributed by atoms with Crippen LogP contribution in [0.3, 0.4) is 0 Å². The summed E-state index contributed by atoms with van der Waals surface area (Å²) in [6.07, 6.45) is -0.638. The van der Waals surface area contributed by atoms with E-state index in [0.717, 1.165) is 42.0 Å². The number of nitrogens with zero attached hydrogens (tertiary/aromatic N) is 3. The molecule has 3 heterocycles. The summed E-state index contributed by atoms with van der Waals surface area (Å²) < 4.78 is 55.6. The molecule has 0 radical (unpaired) electrons. The van der Waals surface area contributed by atoms with Crippen LogP contribution in [0.25, 0.3) is 5.57 Å². The number of aromatic carboxylic acids is 1. The monoisotopic (exact) mass is 480 g/mol. The molecule has 182 valence electrons. The Morgan fingerprint density at radius 3 is 2.56 bits per heavy atom. The zero-order valence-corrected chi connectivity index (χ0v) is 18.4. The fourth-order valence-electron chi connectivity index (χ4n) is 4.38. The first-order valence-corrected chi connectivity index (χ1v) is 11.0. The number of carbonyl (C=O) groups is 1. The standard InChI is InChI=1S/C23H24F4N4O3/c1-13(28-18-6-5-15(24)10-17(18)22(33)34)16-9-14(23(25,26)27)12-31-20(32)11-19(29-21(16)31)30-7-3-2-4-8-30/h5-6,9-11,13-14,28H,2-4,7-8,12H2,1H3,(H,33,34)/t13-,14?/m1/s1. The second kappa shape index (κ2) is 9.11. The van der Waals surface area contributed by atoms with E-state index < -0.39 is 42.0 Å². The summed E-state index contributed by atoms with van der Waals surface area (Å²) in [6, 6.07) is 3.51. The van der Waals surface area contributed by atoms with Gasteiger partial charge in [0.15, 0.2) is 0 Å². The molecule has 34 heavy (non-hydrogen) atoms. The minimum atomic E-state index is -4.59. The van der Waals surface area contributed by atoms with E-state index in [2.05, 4.69) is 10.3 Å². The van der Waals surface area contributed by atoms with Crippen LogP contribution >= 0.6 is 0 Å². The number of allylic oxidation sites excluding steroid dienone is 1. The molecule has 0 saturated carbocycles. The molecule has 1 unspecified atom stereocenters. The van der Waals surface area contributed by atoms with E-state index >= 15 is 0 Å². The second-order valence-corrected chi connectivity index (χ2v) is 8.57. The summed E-state index contributed by atoms with van der Waals surface area (Å²) in [5.41, 5.74) is -0.781. The molecule has 2 N–H and O–H groups in total. The van der Waals surface area contributed by atoms with Crippen LogP contribution in [0.4, 0.5) is 29.1 Å². The average Bonchev–Trinajstić information content (AvgIpc) is 2.79. The van der Waals surface area contributed by atoms with Crippen molar-refractivity contribution in [3.05, 3.63) is 57.9 Å². The lowest BCUT2D eigenvalue weighted by Gasteiger charge is -2.32.